The molecule has 0 radical (unpaired) electrons. The van der Waals surface area contributed by atoms with Crippen LogP contribution in [0.15, 0.2) is 79.4 Å². The highest BCUT2D eigenvalue weighted by molar-refractivity contribution is 7.75. The van der Waals surface area contributed by atoms with Crippen LogP contribution in [0.5, 0.6) is 17.2 Å². The highest BCUT2D eigenvalue weighted by Crippen LogP contribution is 2.55. The third-order valence-electron chi connectivity index (χ3n) is 4.26. The lowest BCUT2D eigenvalue weighted by Crippen LogP contribution is -2.25. The quantitative estimate of drug-likeness (QED) is 0.556. The number of phenols is 1. The highest BCUT2D eigenvalue weighted by atomic mass is 31.2. The predicted molar refractivity (Wildman–Crippen MR) is 103 cm³/mol. The number of rotatable bonds is 4. The molecule has 5 heteroatoms. The summed E-state index contributed by atoms with van der Waals surface area (Å²) in [5.41, 5.74) is 1.72. The number of fused-ring (bicyclic) bond motifs is 3. The first-order chi connectivity index (χ1) is 12.6. The van der Waals surface area contributed by atoms with E-state index in [0.29, 0.717) is 23.4 Å². The molecule has 0 saturated heterocycles. The van der Waals surface area contributed by atoms with Gasteiger partial charge in [0.25, 0.3) is 0 Å². The molecule has 1 aliphatic heterocycles. The molecular weight excluding hydrogens is 347 g/mol. The molecule has 1 atom stereocenters. The minimum Gasteiger partial charge on any atom is -0.507 e. The highest BCUT2D eigenvalue weighted by Gasteiger charge is 2.39. The summed E-state index contributed by atoms with van der Waals surface area (Å²) in [5.74, 6) is 0.938. The summed E-state index contributed by atoms with van der Waals surface area (Å²) >= 11 is 0. The topological polar surface area (TPSA) is 55.8 Å². The summed E-state index contributed by atoms with van der Waals surface area (Å²) in [6.45, 7) is 3.93. The molecule has 4 nitrogen and oxygen atoms in total. The molecule has 0 spiro atoms. The number of para-hydroxylation sites is 1. The number of phenolic OH excluding ortho intramolecular Hbond substituents is 1. The van der Waals surface area contributed by atoms with Crippen molar-refractivity contribution in [1.29, 1.82) is 0 Å². The van der Waals surface area contributed by atoms with Gasteiger partial charge in [-0.3, -0.25) is 4.57 Å². The largest absolute Gasteiger partial charge is 0.507 e. The molecule has 26 heavy (non-hydrogen) atoms. The number of benzene rings is 3. The number of aromatic hydroxyl groups is 1. The van der Waals surface area contributed by atoms with Crippen LogP contribution >= 0.6 is 7.37 Å². The average Bonchev–Trinajstić information content (AvgIpc) is 2.67. The number of ether oxygens (including phenoxy) is 1. The van der Waals surface area contributed by atoms with Gasteiger partial charge in [0, 0.05) is 5.56 Å². The molecule has 0 bridgehead atoms. The van der Waals surface area contributed by atoms with Gasteiger partial charge < -0.3 is 14.4 Å². The molecule has 4 rings (SSSR count). The van der Waals surface area contributed by atoms with Crippen LogP contribution in [0.4, 0.5) is 0 Å². The van der Waals surface area contributed by atoms with Crippen molar-refractivity contribution in [2.45, 2.75) is 0 Å². The summed E-state index contributed by atoms with van der Waals surface area (Å²) in [5, 5.41) is 11.2. The molecule has 0 aromatic heterocycles. The van der Waals surface area contributed by atoms with Crippen molar-refractivity contribution >= 4 is 18.0 Å². The Kier molecular flexibility index (Phi) is 4.06. The zero-order valence-electron chi connectivity index (χ0n) is 14.0. The second-order valence-electron chi connectivity index (χ2n) is 5.91. The molecule has 1 heterocycles. The SMILES string of the molecule is C=CCOc1ccc(O)c(P2(=O)Oc3ccccc3-c3ccccc32)c1. The lowest BCUT2D eigenvalue weighted by Gasteiger charge is -2.29. The molecule has 1 aliphatic rings. The fraction of sp³-hybridized carbons (Fsp3) is 0.0476. The molecular formula is C21H17O4P. The van der Waals surface area contributed by atoms with Crippen LogP contribution in [-0.4, -0.2) is 11.7 Å². The van der Waals surface area contributed by atoms with E-state index < -0.39 is 7.37 Å². The van der Waals surface area contributed by atoms with Gasteiger partial charge in [0.15, 0.2) is 0 Å². The van der Waals surface area contributed by atoms with Crippen molar-refractivity contribution in [3.8, 4) is 28.4 Å². The second kappa shape index (κ2) is 6.40. The molecule has 0 fully saturated rings. The maximum Gasteiger partial charge on any atom is 0.311 e. The standard InChI is InChI=1S/C21H17O4P/c1-2-13-24-15-11-12-18(22)21(14-15)26(23)20-10-6-4-8-17(20)16-7-3-5-9-19(16)25-26/h2-12,14,22H,1,13H2. The van der Waals surface area contributed by atoms with Crippen molar-refractivity contribution in [2.24, 2.45) is 0 Å². The zero-order valence-corrected chi connectivity index (χ0v) is 14.9. The van der Waals surface area contributed by atoms with Crippen LogP contribution in [0.3, 0.4) is 0 Å². The Morgan fingerprint density at radius 3 is 2.54 bits per heavy atom. The molecule has 0 amide bonds. The first-order valence-electron chi connectivity index (χ1n) is 8.19. The van der Waals surface area contributed by atoms with Crippen LogP contribution in [0, 0.1) is 0 Å². The van der Waals surface area contributed by atoms with E-state index >= 15 is 0 Å². The van der Waals surface area contributed by atoms with Crippen molar-refractivity contribution in [3.05, 3.63) is 79.4 Å². The van der Waals surface area contributed by atoms with E-state index in [1.165, 1.54) is 6.07 Å². The van der Waals surface area contributed by atoms with Gasteiger partial charge in [-0.05, 0) is 35.9 Å². The number of hydrogen-bond acceptors (Lipinski definition) is 4. The zero-order chi connectivity index (χ0) is 18.1. The van der Waals surface area contributed by atoms with Crippen LogP contribution in [0.2, 0.25) is 0 Å². The predicted octanol–water partition coefficient (Wildman–Crippen LogP) is 4.25. The fourth-order valence-corrected chi connectivity index (χ4v) is 5.44. The summed E-state index contributed by atoms with van der Waals surface area (Å²) in [6, 6.07) is 19.5. The summed E-state index contributed by atoms with van der Waals surface area (Å²) in [6.07, 6.45) is 1.62. The maximum absolute atomic E-state index is 14.0. The van der Waals surface area contributed by atoms with Gasteiger partial charge in [-0.15, -0.1) is 0 Å². The Morgan fingerprint density at radius 1 is 1.00 bits per heavy atom. The van der Waals surface area contributed by atoms with Gasteiger partial charge in [0.05, 0.1) is 10.6 Å². The van der Waals surface area contributed by atoms with Crippen LogP contribution in [0.25, 0.3) is 11.1 Å². The van der Waals surface area contributed by atoms with Gasteiger partial charge in [0.1, 0.15) is 23.9 Å². The van der Waals surface area contributed by atoms with Crippen molar-refractivity contribution in [1.82, 2.24) is 0 Å². The molecule has 3 aromatic rings. The lowest BCUT2D eigenvalue weighted by atomic mass is 10.0. The van der Waals surface area contributed by atoms with Gasteiger partial charge >= 0.3 is 7.37 Å². The van der Waals surface area contributed by atoms with E-state index in [4.69, 9.17) is 9.26 Å². The first-order valence-corrected chi connectivity index (χ1v) is 9.82. The van der Waals surface area contributed by atoms with E-state index in [2.05, 4.69) is 6.58 Å². The monoisotopic (exact) mass is 364 g/mol. The lowest BCUT2D eigenvalue weighted by molar-refractivity contribution is 0.362. The summed E-state index contributed by atoms with van der Waals surface area (Å²) in [7, 11) is -3.54. The van der Waals surface area contributed by atoms with Crippen LogP contribution in [0.1, 0.15) is 0 Å². The maximum atomic E-state index is 14.0. The van der Waals surface area contributed by atoms with E-state index in [0.717, 1.165) is 11.1 Å². The molecule has 0 aliphatic carbocycles. The van der Waals surface area contributed by atoms with Crippen molar-refractivity contribution in [3.63, 3.8) is 0 Å². The second-order valence-corrected chi connectivity index (χ2v) is 8.16. The van der Waals surface area contributed by atoms with Gasteiger partial charge in [0.2, 0.25) is 0 Å². The Morgan fingerprint density at radius 2 is 1.73 bits per heavy atom. The Hall–Kier alpha value is -2.97. The Balaban J connectivity index is 1.92. The first kappa shape index (κ1) is 16.5. The van der Waals surface area contributed by atoms with Crippen LogP contribution in [-0.2, 0) is 4.57 Å². The Labute approximate surface area is 151 Å². The van der Waals surface area contributed by atoms with E-state index in [1.807, 2.05) is 36.4 Å². The molecule has 1 unspecified atom stereocenters. The third-order valence-corrected chi connectivity index (χ3v) is 6.73. The van der Waals surface area contributed by atoms with E-state index in [9.17, 15) is 9.67 Å². The molecule has 3 aromatic carbocycles. The normalized spacial score (nSPS) is 17.5. The third kappa shape index (κ3) is 2.59. The average molecular weight is 364 g/mol. The van der Waals surface area contributed by atoms with Gasteiger partial charge in [-0.25, -0.2) is 0 Å². The van der Waals surface area contributed by atoms with Crippen LogP contribution < -0.4 is 19.9 Å². The van der Waals surface area contributed by atoms with Gasteiger partial charge in [-0.1, -0.05) is 49.1 Å². The van der Waals surface area contributed by atoms with Gasteiger partial charge in [-0.2, -0.15) is 0 Å². The van der Waals surface area contributed by atoms with E-state index in [1.54, 1.807) is 30.3 Å². The van der Waals surface area contributed by atoms with Crippen molar-refractivity contribution < 1.29 is 18.9 Å². The number of hydrogen-bond donors (Lipinski definition) is 1. The minimum absolute atomic E-state index is 0.0894. The molecule has 1 N–H and O–H groups in total. The summed E-state index contributed by atoms with van der Waals surface area (Å²) in [4.78, 5) is 0. The summed E-state index contributed by atoms with van der Waals surface area (Å²) < 4.78 is 25.5. The fourth-order valence-electron chi connectivity index (χ4n) is 3.08. The van der Waals surface area contributed by atoms with E-state index in [-0.39, 0.29) is 11.1 Å². The molecule has 0 saturated carbocycles. The van der Waals surface area contributed by atoms with Crippen molar-refractivity contribution in [2.75, 3.05) is 6.61 Å². The Bertz CT molecular complexity index is 1040. The minimum atomic E-state index is -3.54. The smallest absolute Gasteiger partial charge is 0.311 e. The molecule has 130 valence electrons.